The maximum atomic E-state index is 9.34. The molecule has 1 aromatic heterocycles. The molecule has 0 saturated heterocycles. The van der Waals surface area contributed by atoms with E-state index in [9.17, 15) is 5.26 Å². The number of hydrogen-bond acceptors (Lipinski definition) is 4. The molecule has 2 aromatic rings. The highest BCUT2D eigenvalue weighted by atomic mass is 32.2. The Kier molecular flexibility index (Phi) is 4.86. The van der Waals surface area contributed by atoms with Crippen molar-refractivity contribution in [2.45, 2.75) is 19.4 Å². The minimum absolute atomic E-state index is 0.435. The number of benzene rings is 1. The van der Waals surface area contributed by atoms with E-state index in [4.69, 9.17) is 4.98 Å². The summed E-state index contributed by atoms with van der Waals surface area (Å²) in [4.78, 5) is 6.88. The Balaban J connectivity index is 2.47. The summed E-state index contributed by atoms with van der Waals surface area (Å²) >= 11 is 1.84. The zero-order valence-corrected chi connectivity index (χ0v) is 12.9. The van der Waals surface area contributed by atoms with Gasteiger partial charge in [-0.3, -0.25) is 0 Å². The third-order valence-electron chi connectivity index (χ3n) is 3.56. The molecule has 0 radical (unpaired) electrons. The molecule has 0 fully saturated rings. The van der Waals surface area contributed by atoms with Gasteiger partial charge < -0.3 is 4.90 Å². The number of anilines is 1. The number of para-hydroxylation sites is 1. The number of thioether (sulfide) groups is 1. The maximum Gasteiger partial charge on any atom is 0.130 e. The molecule has 2 rings (SSSR count). The van der Waals surface area contributed by atoms with Gasteiger partial charge in [-0.05, 0) is 24.8 Å². The summed E-state index contributed by atoms with van der Waals surface area (Å²) in [5, 5.41) is 10.3. The second-order valence-corrected chi connectivity index (χ2v) is 5.70. The Labute approximate surface area is 124 Å². The summed E-state index contributed by atoms with van der Waals surface area (Å²) in [6, 6.07) is 12.4. The monoisotopic (exact) mass is 285 g/mol. The first-order valence-electron chi connectivity index (χ1n) is 6.73. The van der Waals surface area contributed by atoms with Crippen LogP contribution in [-0.4, -0.2) is 30.1 Å². The molecular weight excluding hydrogens is 266 g/mol. The molecule has 20 heavy (non-hydrogen) atoms. The third kappa shape index (κ3) is 2.88. The average molecular weight is 285 g/mol. The molecule has 4 heteroatoms. The van der Waals surface area contributed by atoms with E-state index in [1.165, 1.54) is 0 Å². The summed E-state index contributed by atoms with van der Waals surface area (Å²) < 4.78 is 0. The van der Waals surface area contributed by atoms with E-state index in [0.717, 1.165) is 28.9 Å². The van der Waals surface area contributed by atoms with Crippen molar-refractivity contribution >= 4 is 28.5 Å². The lowest BCUT2D eigenvalue weighted by atomic mass is 10.1. The van der Waals surface area contributed by atoms with E-state index >= 15 is 0 Å². The summed E-state index contributed by atoms with van der Waals surface area (Å²) in [6.07, 6.45) is 3.18. The van der Waals surface area contributed by atoms with Crippen molar-refractivity contribution in [1.82, 2.24) is 4.98 Å². The van der Waals surface area contributed by atoms with Crippen LogP contribution in [0.3, 0.4) is 0 Å². The molecule has 0 aliphatic carbocycles. The molecule has 1 atom stereocenters. The number of nitriles is 1. The number of hydrogen-bond donors (Lipinski definition) is 0. The molecule has 0 spiro atoms. The molecular formula is C16H19N3S. The number of aromatic nitrogens is 1. The zero-order chi connectivity index (χ0) is 14.5. The Hall–Kier alpha value is -1.73. The Morgan fingerprint density at radius 2 is 2.15 bits per heavy atom. The van der Waals surface area contributed by atoms with Gasteiger partial charge in [0.25, 0.3) is 0 Å². The van der Waals surface area contributed by atoms with Crippen molar-refractivity contribution in [1.29, 1.82) is 5.26 Å². The second kappa shape index (κ2) is 6.62. The minimum atomic E-state index is 0.435. The summed E-state index contributed by atoms with van der Waals surface area (Å²) in [6.45, 7) is 2.18. The van der Waals surface area contributed by atoms with Crippen molar-refractivity contribution in [2.75, 3.05) is 24.0 Å². The van der Waals surface area contributed by atoms with Gasteiger partial charge in [0.1, 0.15) is 5.82 Å². The molecule has 0 aliphatic rings. The predicted molar refractivity (Wildman–Crippen MR) is 87.3 cm³/mol. The Bertz CT molecular complexity index is 633. The molecule has 0 bridgehead atoms. The molecule has 0 N–H and O–H groups in total. The SMILES string of the molecule is CCC(CSC)N(C)c1cc(C#N)c2ccccc2n1. The highest BCUT2D eigenvalue weighted by Gasteiger charge is 2.15. The fraction of sp³-hybridized carbons (Fsp3) is 0.375. The number of fused-ring (bicyclic) bond motifs is 1. The van der Waals surface area contributed by atoms with Crippen LogP contribution in [0.5, 0.6) is 0 Å². The molecule has 3 nitrogen and oxygen atoms in total. The number of rotatable bonds is 5. The molecule has 0 saturated carbocycles. The van der Waals surface area contributed by atoms with E-state index in [1.54, 1.807) is 0 Å². The van der Waals surface area contributed by atoms with Crippen LogP contribution in [0.4, 0.5) is 5.82 Å². The first-order chi connectivity index (χ1) is 9.71. The van der Waals surface area contributed by atoms with Gasteiger partial charge in [0.05, 0.1) is 17.1 Å². The molecule has 0 amide bonds. The normalized spacial score (nSPS) is 12.1. The first kappa shape index (κ1) is 14.7. The lowest BCUT2D eigenvalue weighted by Gasteiger charge is -2.28. The van der Waals surface area contributed by atoms with Crippen LogP contribution in [0.2, 0.25) is 0 Å². The molecule has 1 unspecified atom stereocenters. The molecule has 1 aromatic carbocycles. The van der Waals surface area contributed by atoms with Gasteiger partial charge in [-0.15, -0.1) is 0 Å². The average Bonchev–Trinajstić information content (AvgIpc) is 2.50. The van der Waals surface area contributed by atoms with Crippen molar-refractivity contribution in [3.63, 3.8) is 0 Å². The van der Waals surface area contributed by atoms with Gasteiger partial charge in [0.2, 0.25) is 0 Å². The highest BCUT2D eigenvalue weighted by molar-refractivity contribution is 7.98. The van der Waals surface area contributed by atoms with Gasteiger partial charge in [-0.1, -0.05) is 25.1 Å². The van der Waals surface area contributed by atoms with Crippen molar-refractivity contribution < 1.29 is 0 Å². The molecule has 1 heterocycles. The van der Waals surface area contributed by atoms with E-state index < -0.39 is 0 Å². The molecule has 104 valence electrons. The van der Waals surface area contributed by atoms with Gasteiger partial charge in [-0.2, -0.15) is 17.0 Å². The number of pyridine rings is 1. The van der Waals surface area contributed by atoms with Gasteiger partial charge in [-0.25, -0.2) is 4.98 Å². The minimum Gasteiger partial charge on any atom is -0.356 e. The lowest BCUT2D eigenvalue weighted by molar-refractivity contribution is 0.667. The molecule has 0 aliphatic heterocycles. The van der Waals surface area contributed by atoms with Gasteiger partial charge in [0.15, 0.2) is 0 Å². The largest absolute Gasteiger partial charge is 0.356 e. The van der Waals surface area contributed by atoms with E-state index in [-0.39, 0.29) is 0 Å². The van der Waals surface area contributed by atoms with Crippen LogP contribution in [-0.2, 0) is 0 Å². The summed E-state index contributed by atoms with van der Waals surface area (Å²) in [7, 11) is 2.06. The van der Waals surface area contributed by atoms with Crippen molar-refractivity contribution in [3.8, 4) is 6.07 Å². The number of nitrogens with zero attached hydrogens (tertiary/aromatic N) is 3. The van der Waals surface area contributed by atoms with Crippen LogP contribution >= 0.6 is 11.8 Å². The van der Waals surface area contributed by atoms with Crippen molar-refractivity contribution in [3.05, 3.63) is 35.9 Å². The first-order valence-corrected chi connectivity index (χ1v) is 8.12. The Morgan fingerprint density at radius 3 is 2.80 bits per heavy atom. The van der Waals surface area contributed by atoms with Crippen LogP contribution in [0.15, 0.2) is 30.3 Å². The Morgan fingerprint density at radius 1 is 1.40 bits per heavy atom. The predicted octanol–water partition coefficient (Wildman–Crippen LogP) is 3.68. The smallest absolute Gasteiger partial charge is 0.130 e. The fourth-order valence-electron chi connectivity index (χ4n) is 2.32. The van der Waals surface area contributed by atoms with Crippen LogP contribution in [0, 0.1) is 11.3 Å². The standard InChI is InChI=1S/C16H19N3S/c1-4-13(11-20-3)19(2)16-9-12(10-17)14-7-5-6-8-15(14)18-16/h5-9,13H,4,11H2,1-3H3. The van der Waals surface area contributed by atoms with E-state index in [2.05, 4.69) is 31.2 Å². The maximum absolute atomic E-state index is 9.34. The van der Waals surface area contributed by atoms with Crippen LogP contribution < -0.4 is 4.90 Å². The topological polar surface area (TPSA) is 39.9 Å². The highest BCUT2D eigenvalue weighted by Crippen LogP contribution is 2.24. The second-order valence-electron chi connectivity index (χ2n) is 4.79. The summed E-state index contributed by atoms with van der Waals surface area (Å²) in [5.41, 5.74) is 1.57. The summed E-state index contributed by atoms with van der Waals surface area (Å²) in [5.74, 6) is 1.93. The van der Waals surface area contributed by atoms with Gasteiger partial charge in [0, 0.05) is 24.2 Å². The zero-order valence-electron chi connectivity index (χ0n) is 12.1. The quantitative estimate of drug-likeness (QED) is 0.840. The fourth-order valence-corrected chi connectivity index (χ4v) is 3.16. The van der Waals surface area contributed by atoms with Crippen molar-refractivity contribution in [2.24, 2.45) is 0 Å². The van der Waals surface area contributed by atoms with Crippen LogP contribution in [0.1, 0.15) is 18.9 Å². The lowest BCUT2D eigenvalue weighted by Crippen LogP contribution is -2.33. The van der Waals surface area contributed by atoms with Crippen LogP contribution in [0.25, 0.3) is 10.9 Å². The van der Waals surface area contributed by atoms with E-state index in [1.807, 2.05) is 42.1 Å². The van der Waals surface area contributed by atoms with Gasteiger partial charge >= 0.3 is 0 Å². The third-order valence-corrected chi connectivity index (χ3v) is 4.28. The van der Waals surface area contributed by atoms with E-state index in [0.29, 0.717) is 11.6 Å².